The quantitative estimate of drug-likeness (QED) is 0.904. The van der Waals surface area contributed by atoms with Crippen molar-refractivity contribution in [2.24, 2.45) is 0 Å². The van der Waals surface area contributed by atoms with Gasteiger partial charge in [-0.05, 0) is 23.9 Å². The Balaban J connectivity index is 2.28. The van der Waals surface area contributed by atoms with Gasteiger partial charge in [0, 0.05) is 19.7 Å². The number of carboxylic acid groups (broad SMARTS) is 1. The Morgan fingerprint density at radius 1 is 1.55 bits per heavy atom. The van der Waals surface area contributed by atoms with Crippen molar-refractivity contribution in [1.29, 1.82) is 0 Å². The van der Waals surface area contributed by atoms with E-state index in [0.717, 1.165) is 23.6 Å². The second-order valence-electron chi connectivity index (χ2n) is 4.30. The monoisotopic (exact) mass is 293 g/mol. The van der Waals surface area contributed by atoms with Gasteiger partial charge in [0.1, 0.15) is 4.88 Å². The lowest BCUT2D eigenvalue weighted by molar-refractivity contribution is 0.0701. The van der Waals surface area contributed by atoms with Crippen molar-refractivity contribution in [3.8, 4) is 0 Å². The fourth-order valence-electron chi connectivity index (χ4n) is 1.74. The van der Waals surface area contributed by atoms with Crippen LogP contribution in [0.2, 0.25) is 0 Å². The maximum atomic E-state index is 12.0. The van der Waals surface area contributed by atoms with E-state index in [0.29, 0.717) is 5.56 Å². The van der Waals surface area contributed by atoms with Gasteiger partial charge in [-0.15, -0.1) is 11.3 Å². The maximum absolute atomic E-state index is 12.0. The third-order valence-electron chi connectivity index (χ3n) is 3.03. The summed E-state index contributed by atoms with van der Waals surface area (Å²) in [7, 11) is 1.88. The molecule has 0 unspecified atom stereocenters. The summed E-state index contributed by atoms with van der Waals surface area (Å²) in [6.07, 6.45) is 1.61. The van der Waals surface area contributed by atoms with Gasteiger partial charge in [0.15, 0.2) is 0 Å². The van der Waals surface area contributed by atoms with Crippen LogP contribution in [0.5, 0.6) is 0 Å². The Morgan fingerprint density at radius 2 is 2.30 bits per heavy atom. The molecule has 0 bridgehead atoms. The molecule has 0 spiro atoms. The van der Waals surface area contributed by atoms with Crippen LogP contribution in [0.3, 0.4) is 0 Å². The zero-order valence-electron chi connectivity index (χ0n) is 11.2. The first-order valence-electron chi connectivity index (χ1n) is 6.11. The molecule has 0 aromatic carbocycles. The third-order valence-corrected chi connectivity index (χ3v) is 3.98. The van der Waals surface area contributed by atoms with Crippen molar-refractivity contribution in [1.82, 2.24) is 9.78 Å². The van der Waals surface area contributed by atoms with Crippen LogP contribution in [0.25, 0.3) is 0 Å². The molecule has 20 heavy (non-hydrogen) atoms. The lowest BCUT2D eigenvalue weighted by Crippen LogP contribution is -2.26. The van der Waals surface area contributed by atoms with E-state index < -0.39 is 5.97 Å². The minimum Gasteiger partial charge on any atom is -0.477 e. The number of nitrogens with zero attached hydrogens (tertiary/aromatic N) is 3. The molecule has 0 aliphatic carbocycles. The fourth-order valence-corrected chi connectivity index (χ4v) is 2.50. The second kappa shape index (κ2) is 5.87. The Bertz CT molecular complexity index is 677. The van der Waals surface area contributed by atoms with Crippen molar-refractivity contribution >= 4 is 23.0 Å². The highest BCUT2D eigenvalue weighted by molar-refractivity contribution is 7.12. The standard InChI is InChI=1S/C13H15N3O3S/c1-3-15(2)10-6-11(17)16(14-7-10)8-9-4-5-20-12(9)13(18)19/h4-7H,3,8H2,1-2H3,(H,18,19). The highest BCUT2D eigenvalue weighted by atomic mass is 32.1. The molecule has 7 heteroatoms. The zero-order chi connectivity index (χ0) is 14.7. The van der Waals surface area contributed by atoms with Gasteiger partial charge < -0.3 is 10.0 Å². The van der Waals surface area contributed by atoms with Crippen LogP contribution >= 0.6 is 11.3 Å². The average molecular weight is 293 g/mol. The molecule has 0 aliphatic heterocycles. The predicted octanol–water partition coefficient (Wildman–Crippen LogP) is 1.51. The van der Waals surface area contributed by atoms with E-state index in [4.69, 9.17) is 5.11 Å². The van der Waals surface area contributed by atoms with Gasteiger partial charge in [-0.1, -0.05) is 0 Å². The normalized spacial score (nSPS) is 10.5. The van der Waals surface area contributed by atoms with Crippen LogP contribution in [0, 0.1) is 0 Å². The molecule has 6 nitrogen and oxygen atoms in total. The average Bonchev–Trinajstić information content (AvgIpc) is 2.88. The molecule has 0 radical (unpaired) electrons. The Morgan fingerprint density at radius 3 is 2.90 bits per heavy atom. The number of hydrogen-bond donors (Lipinski definition) is 1. The predicted molar refractivity (Wildman–Crippen MR) is 77.8 cm³/mol. The van der Waals surface area contributed by atoms with Crippen LogP contribution in [0.1, 0.15) is 22.2 Å². The van der Waals surface area contributed by atoms with E-state index in [1.54, 1.807) is 17.6 Å². The van der Waals surface area contributed by atoms with Crippen LogP contribution in [0.15, 0.2) is 28.5 Å². The van der Waals surface area contributed by atoms with Gasteiger partial charge in [-0.25, -0.2) is 9.48 Å². The molecule has 0 atom stereocenters. The summed E-state index contributed by atoms with van der Waals surface area (Å²) in [5, 5.41) is 14.8. The molecule has 0 amide bonds. The van der Waals surface area contributed by atoms with E-state index in [2.05, 4.69) is 5.10 Å². The van der Waals surface area contributed by atoms with Crippen molar-refractivity contribution in [2.75, 3.05) is 18.5 Å². The molecule has 1 N–H and O–H groups in total. The second-order valence-corrected chi connectivity index (χ2v) is 5.22. The molecule has 0 fully saturated rings. The number of thiophene rings is 1. The first kappa shape index (κ1) is 14.3. The molecule has 106 valence electrons. The van der Waals surface area contributed by atoms with Crippen LogP contribution < -0.4 is 10.5 Å². The minimum absolute atomic E-state index is 0.167. The van der Waals surface area contributed by atoms with Gasteiger partial charge >= 0.3 is 5.97 Å². The van der Waals surface area contributed by atoms with E-state index in [9.17, 15) is 9.59 Å². The first-order chi connectivity index (χ1) is 9.52. The largest absolute Gasteiger partial charge is 0.477 e. The molecule has 0 saturated heterocycles. The summed E-state index contributed by atoms with van der Waals surface area (Å²) in [5.41, 5.74) is 1.09. The number of anilines is 1. The third kappa shape index (κ3) is 2.88. The summed E-state index contributed by atoms with van der Waals surface area (Å²) >= 11 is 1.14. The number of aromatic carboxylic acids is 1. The SMILES string of the molecule is CCN(C)c1cnn(Cc2ccsc2C(=O)O)c(=O)c1. The van der Waals surface area contributed by atoms with Crippen molar-refractivity contribution < 1.29 is 9.90 Å². The smallest absolute Gasteiger partial charge is 0.346 e. The molecule has 0 aliphatic rings. The number of aromatic nitrogens is 2. The lowest BCUT2D eigenvalue weighted by atomic mass is 10.2. The summed E-state index contributed by atoms with van der Waals surface area (Å²) in [4.78, 5) is 25.2. The molecule has 2 rings (SSSR count). The highest BCUT2D eigenvalue weighted by Gasteiger charge is 2.13. The Hall–Kier alpha value is -2.15. The van der Waals surface area contributed by atoms with E-state index in [1.165, 1.54) is 10.7 Å². The highest BCUT2D eigenvalue weighted by Crippen LogP contribution is 2.17. The van der Waals surface area contributed by atoms with Crippen LogP contribution in [-0.2, 0) is 6.54 Å². The van der Waals surface area contributed by atoms with E-state index in [1.807, 2.05) is 18.9 Å². The molecular formula is C13H15N3O3S. The van der Waals surface area contributed by atoms with Crippen LogP contribution in [-0.4, -0.2) is 34.4 Å². The van der Waals surface area contributed by atoms with Crippen molar-refractivity contribution in [3.63, 3.8) is 0 Å². The maximum Gasteiger partial charge on any atom is 0.346 e. The fraction of sp³-hybridized carbons (Fsp3) is 0.308. The van der Waals surface area contributed by atoms with Gasteiger partial charge in [0.25, 0.3) is 5.56 Å². The summed E-state index contributed by atoms with van der Waals surface area (Å²) in [6, 6.07) is 3.21. The lowest BCUT2D eigenvalue weighted by Gasteiger charge is -2.16. The topological polar surface area (TPSA) is 75.4 Å². The van der Waals surface area contributed by atoms with Gasteiger partial charge in [0.2, 0.25) is 0 Å². The van der Waals surface area contributed by atoms with Gasteiger partial charge in [0.05, 0.1) is 18.4 Å². The molecular weight excluding hydrogens is 278 g/mol. The molecule has 2 heterocycles. The van der Waals surface area contributed by atoms with Gasteiger partial charge in [-0.3, -0.25) is 4.79 Å². The molecule has 0 saturated carbocycles. The molecule has 2 aromatic rings. The minimum atomic E-state index is -0.981. The first-order valence-corrected chi connectivity index (χ1v) is 6.99. The van der Waals surface area contributed by atoms with E-state index in [-0.39, 0.29) is 17.0 Å². The van der Waals surface area contributed by atoms with E-state index >= 15 is 0 Å². The summed E-state index contributed by atoms with van der Waals surface area (Å²) in [6.45, 7) is 2.93. The van der Waals surface area contributed by atoms with Crippen LogP contribution in [0.4, 0.5) is 5.69 Å². The summed E-state index contributed by atoms with van der Waals surface area (Å²) in [5.74, 6) is -0.981. The number of carboxylic acids is 1. The van der Waals surface area contributed by atoms with Gasteiger partial charge in [-0.2, -0.15) is 5.10 Å². The zero-order valence-corrected chi connectivity index (χ0v) is 12.1. The summed E-state index contributed by atoms with van der Waals surface area (Å²) < 4.78 is 1.27. The van der Waals surface area contributed by atoms with Crippen molar-refractivity contribution in [3.05, 3.63) is 44.5 Å². The Kier molecular flexibility index (Phi) is 4.19. The Labute approximate surface area is 119 Å². The molecule has 2 aromatic heterocycles. The number of hydrogen-bond acceptors (Lipinski definition) is 5. The number of rotatable bonds is 5. The number of carbonyl (C=O) groups is 1. The van der Waals surface area contributed by atoms with Crippen molar-refractivity contribution in [2.45, 2.75) is 13.5 Å².